The fourth-order valence-electron chi connectivity index (χ4n) is 3.17. The van der Waals surface area contributed by atoms with E-state index in [9.17, 15) is 14.0 Å². The third-order valence-electron chi connectivity index (χ3n) is 4.77. The molecule has 0 spiro atoms. The molecule has 1 atom stereocenters. The Hall–Kier alpha value is -1.91. The minimum absolute atomic E-state index is 0.000417. The van der Waals surface area contributed by atoms with Gasteiger partial charge in [-0.05, 0) is 55.2 Å². The number of carbonyl (C=O) groups is 2. The van der Waals surface area contributed by atoms with Crippen molar-refractivity contribution in [1.82, 2.24) is 5.32 Å². The minimum atomic E-state index is -0.267. The molecule has 0 saturated heterocycles. The number of amides is 2. The molecule has 1 saturated carbocycles. The van der Waals surface area contributed by atoms with Crippen LogP contribution in [0.1, 0.15) is 50.5 Å². The molecule has 126 valence electrons. The molecule has 1 fully saturated rings. The van der Waals surface area contributed by atoms with Gasteiger partial charge in [0.1, 0.15) is 5.82 Å². The Bertz CT molecular complexity index is 536. The number of halogens is 1. The zero-order valence-electron chi connectivity index (χ0n) is 13.6. The maximum Gasteiger partial charge on any atom is 0.220 e. The molecule has 0 radical (unpaired) electrons. The molecule has 2 amide bonds. The van der Waals surface area contributed by atoms with Gasteiger partial charge in [0.05, 0.1) is 0 Å². The molecule has 1 aromatic rings. The van der Waals surface area contributed by atoms with Crippen LogP contribution in [0.4, 0.5) is 4.39 Å². The summed E-state index contributed by atoms with van der Waals surface area (Å²) in [5.74, 6) is 0.0220. The van der Waals surface area contributed by atoms with E-state index >= 15 is 0 Å². The van der Waals surface area contributed by atoms with Gasteiger partial charge in [0.25, 0.3) is 0 Å². The monoisotopic (exact) mass is 320 g/mol. The lowest BCUT2D eigenvalue weighted by Gasteiger charge is -2.26. The highest BCUT2D eigenvalue weighted by Gasteiger charge is 2.24. The number of rotatable bonds is 6. The van der Waals surface area contributed by atoms with Gasteiger partial charge in [0.2, 0.25) is 11.8 Å². The van der Waals surface area contributed by atoms with Crippen LogP contribution in [0.15, 0.2) is 24.3 Å². The summed E-state index contributed by atoms with van der Waals surface area (Å²) in [7, 11) is 0. The zero-order chi connectivity index (χ0) is 16.8. The van der Waals surface area contributed by atoms with Gasteiger partial charge < -0.3 is 11.1 Å². The summed E-state index contributed by atoms with van der Waals surface area (Å²) >= 11 is 0. The fraction of sp³-hybridized carbons (Fsp3) is 0.556. The SMILES string of the molecule is CC(CC(=O)NCC1CCC(C(N)=O)CC1)c1ccc(F)cc1. The number of carbonyl (C=O) groups excluding carboxylic acids is 2. The van der Waals surface area contributed by atoms with E-state index < -0.39 is 0 Å². The van der Waals surface area contributed by atoms with Crippen LogP contribution in [0.2, 0.25) is 0 Å². The van der Waals surface area contributed by atoms with Crippen LogP contribution in [-0.2, 0) is 9.59 Å². The fourth-order valence-corrected chi connectivity index (χ4v) is 3.17. The molecule has 0 aliphatic heterocycles. The first kappa shape index (κ1) is 17.4. The lowest BCUT2D eigenvalue weighted by Crippen LogP contribution is -2.34. The lowest BCUT2D eigenvalue weighted by atomic mass is 9.81. The topological polar surface area (TPSA) is 72.2 Å². The average Bonchev–Trinajstić information content (AvgIpc) is 2.54. The van der Waals surface area contributed by atoms with Crippen LogP contribution in [0.3, 0.4) is 0 Å². The van der Waals surface area contributed by atoms with Crippen LogP contribution in [0.25, 0.3) is 0 Å². The van der Waals surface area contributed by atoms with Gasteiger partial charge in [-0.25, -0.2) is 4.39 Å². The highest BCUT2D eigenvalue weighted by Crippen LogP contribution is 2.28. The van der Waals surface area contributed by atoms with Crippen LogP contribution < -0.4 is 11.1 Å². The number of benzene rings is 1. The molecule has 1 unspecified atom stereocenters. The van der Waals surface area contributed by atoms with Gasteiger partial charge in [-0.1, -0.05) is 19.1 Å². The van der Waals surface area contributed by atoms with Crippen molar-refractivity contribution in [2.75, 3.05) is 6.54 Å². The van der Waals surface area contributed by atoms with E-state index in [1.807, 2.05) is 6.92 Å². The summed E-state index contributed by atoms with van der Waals surface area (Å²) < 4.78 is 12.9. The molecule has 4 nitrogen and oxygen atoms in total. The van der Waals surface area contributed by atoms with Crippen LogP contribution >= 0.6 is 0 Å². The van der Waals surface area contributed by atoms with Crippen LogP contribution in [-0.4, -0.2) is 18.4 Å². The van der Waals surface area contributed by atoms with E-state index in [1.54, 1.807) is 12.1 Å². The summed E-state index contributed by atoms with van der Waals surface area (Å²) in [6.07, 6.45) is 3.90. The number of nitrogens with one attached hydrogen (secondary N) is 1. The van der Waals surface area contributed by atoms with Crippen molar-refractivity contribution < 1.29 is 14.0 Å². The predicted octanol–water partition coefficient (Wildman–Crippen LogP) is 2.73. The van der Waals surface area contributed by atoms with E-state index in [4.69, 9.17) is 5.73 Å². The first-order chi connectivity index (χ1) is 11.0. The molecule has 3 N–H and O–H groups in total. The first-order valence-corrected chi connectivity index (χ1v) is 8.27. The molecule has 0 heterocycles. The molecule has 1 aliphatic carbocycles. The number of hydrogen-bond donors (Lipinski definition) is 2. The van der Waals surface area contributed by atoms with Crippen LogP contribution in [0.5, 0.6) is 0 Å². The largest absolute Gasteiger partial charge is 0.369 e. The summed E-state index contributed by atoms with van der Waals surface area (Å²) in [6.45, 7) is 2.62. The highest BCUT2D eigenvalue weighted by atomic mass is 19.1. The van der Waals surface area contributed by atoms with Crippen molar-refractivity contribution in [3.8, 4) is 0 Å². The Morgan fingerprint density at radius 3 is 2.39 bits per heavy atom. The highest BCUT2D eigenvalue weighted by molar-refractivity contribution is 5.77. The van der Waals surface area contributed by atoms with Crippen molar-refractivity contribution in [1.29, 1.82) is 0 Å². The van der Waals surface area contributed by atoms with E-state index in [2.05, 4.69) is 5.32 Å². The molecule has 23 heavy (non-hydrogen) atoms. The molecule has 1 aliphatic rings. The van der Waals surface area contributed by atoms with E-state index in [1.165, 1.54) is 12.1 Å². The summed E-state index contributed by atoms with van der Waals surface area (Å²) in [5, 5.41) is 2.98. The minimum Gasteiger partial charge on any atom is -0.369 e. The summed E-state index contributed by atoms with van der Waals surface area (Å²) in [6, 6.07) is 6.28. The molecule has 5 heteroatoms. The molecule has 2 rings (SSSR count). The Morgan fingerprint density at radius 1 is 1.22 bits per heavy atom. The Morgan fingerprint density at radius 2 is 1.83 bits per heavy atom. The number of nitrogens with two attached hydrogens (primary N) is 1. The second kappa shape index (κ2) is 8.09. The third kappa shape index (κ3) is 5.34. The second-order valence-electron chi connectivity index (χ2n) is 6.58. The first-order valence-electron chi connectivity index (χ1n) is 8.27. The molecular weight excluding hydrogens is 295 g/mol. The van der Waals surface area contributed by atoms with Gasteiger partial charge in [0.15, 0.2) is 0 Å². The number of primary amides is 1. The lowest BCUT2D eigenvalue weighted by molar-refractivity contribution is -0.124. The summed E-state index contributed by atoms with van der Waals surface area (Å²) in [5.41, 5.74) is 6.28. The van der Waals surface area contributed by atoms with E-state index in [0.717, 1.165) is 31.2 Å². The van der Waals surface area contributed by atoms with Gasteiger partial charge in [-0.2, -0.15) is 0 Å². The van der Waals surface area contributed by atoms with Gasteiger partial charge in [-0.3, -0.25) is 9.59 Å². The van der Waals surface area contributed by atoms with Crippen molar-refractivity contribution in [3.63, 3.8) is 0 Å². The van der Waals surface area contributed by atoms with E-state index in [-0.39, 0.29) is 29.5 Å². The van der Waals surface area contributed by atoms with E-state index in [0.29, 0.717) is 18.9 Å². The van der Waals surface area contributed by atoms with Crippen molar-refractivity contribution in [2.24, 2.45) is 17.6 Å². The predicted molar refractivity (Wildman–Crippen MR) is 87.1 cm³/mol. The molecule has 0 bridgehead atoms. The van der Waals surface area contributed by atoms with Gasteiger partial charge in [0, 0.05) is 18.9 Å². The van der Waals surface area contributed by atoms with Gasteiger partial charge in [-0.15, -0.1) is 0 Å². The van der Waals surface area contributed by atoms with Crippen molar-refractivity contribution in [3.05, 3.63) is 35.6 Å². The van der Waals surface area contributed by atoms with Crippen LogP contribution in [0, 0.1) is 17.7 Å². The zero-order valence-corrected chi connectivity index (χ0v) is 13.6. The van der Waals surface area contributed by atoms with Crippen molar-refractivity contribution >= 4 is 11.8 Å². The number of hydrogen-bond acceptors (Lipinski definition) is 2. The molecule has 0 aromatic heterocycles. The summed E-state index contributed by atoms with van der Waals surface area (Å²) in [4.78, 5) is 23.2. The van der Waals surface area contributed by atoms with Crippen molar-refractivity contribution in [2.45, 2.75) is 44.9 Å². The Kier molecular flexibility index (Phi) is 6.13. The normalized spacial score (nSPS) is 22.3. The third-order valence-corrected chi connectivity index (χ3v) is 4.77. The Balaban J connectivity index is 1.71. The molecule has 1 aromatic carbocycles. The standard InChI is InChI=1S/C18H25FN2O2/c1-12(14-6-8-16(19)9-7-14)10-17(22)21-11-13-2-4-15(5-3-13)18(20)23/h6-9,12-13,15H,2-5,10-11H2,1H3,(H2,20,23)(H,21,22). The van der Waals surface area contributed by atoms with Gasteiger partial charge >= 0.3 is 0 Å². The molecular formula is C18H25FN2O2. The smallest absolute Gasteiger partial charge is 0.220 e. The maximum atomic E-state index is 12.9. The quantitative estimate of drug-likeness (QED) is 0.846. The maximum absolute atomic E-state index is 12.9. The Labute approximate surface area is 136 Å². The average molecular weight is 320 g/mol. The second-order valence-corrected chi connectivity index (χ2v) is 6.58.